The zero-order valence-corrected chi connectivity index (χ0v) is 16.6. The molecule has 0 bridgehead atoms. The second-order valence-corrected chi connectivity index (χ2v) is 7.45. The number of carbonyl (C=O) groups is 2. The van der Waals surface area contributed by atoms with Crippen LogP contribution in [0.1, 0.15) is 45.4 Å². The van der Waals surface area contributed by atoms with Crippen LogP contribution >= 0.6 is 0 Å². The van der Waals surface area contributed by atoms with Gasteiger partial charge >= 0.3 is 5.69 Å². The standard InChI is InChI=1S/C21H30N4O3/c1-2-14-24-17-9-5-6-10-18(17)25(21(24)28)15-11-19(26)22-12-13-23-20(27)16-7-3-4-8-16/h5-6,9-10,16H,2-4,7-8,11-15H2,1H3,(H,22,26)(H,23,27). The molecule has 1 heterocycles. The van der Waals surface area contributed by atoms with Crippen LogP contribution in [0, 0.1) is 5.92 Å². The molecule has 3 rings (SSSR count). The van der Waals surface area contributed by atoms with E-state index in [0.717, 1.165) is 43.1 Å². The highest BCUT2D eigenvalue weighted by atomic mass is 16.2. The summed E-state index contributed by atoms with van der Waals surface area (Å²) in [4.78, 5) is 36.8. The highest BCUT2D eigenvalue weighted by molar-refractivity contribution is 5.79. The topological polar surface area (TPSA) is 85.1 Å². The van der Waals surface area contributed by atoms with Crippen molar-refractivity contribution in [2.45, 2.75) is 58.5 Å². The van der Waals surface area contributed by atoms with Crippen molar-refractivity contribution in [3.63, 3.8) is 0 Å². The zero-order chi connectivity index (χ0) is 19.9. The van der Waals surface area contributed by atoms with Gasteiger partial charge in [0.2, 0.25) is 11.8 Å². The smallest absolute Gasteiger partial charge is 0.329 e. The van der Waals surface area contributed by atoms with Gasteiger partial charge in [0.25, 0.3) is 0 Å². The predicted molar refractivity (Wildman–Crippen MR) is 109 cm³/mol. The van der Waals surface area contributed by atoms with Crippen LogP contribution in [0.3, 0.4) is 0 Å². The van der Waals surface area contributed by atoms with Crippen molar-refractivity contribution < 1.29 is 9.59 Å². The Morgan fingerprint density at radius 3 is 2.25 bits per heavy atom. The van der Waals surface area contributed by atoms with Crippen LogP contribution in [-0.2, 0) is 22.7 Å². The minimum Gasteiger partial charge on any atom is -0.354 e. The molecule has 0 unspecified atom stereocenters. The normalized spacial score (nSPS) is 14.5. The van der Waals surface area contributed by atoms with E-state index in [1.165, 1.54) is 0 Å². The number of nitrogens with one attached hydrogen (secondary N) is 2. The summed E-state index contributed by atoms with van der Waals surface area (Å²) < 4.78 is 3.44. The number of hydrogen-bond acceptors (Lipinski definition) is 3. The van der Waals surface area contributed by atoms with Crippen molar-refractivity contribution in [2.24, 2.45) is 5.92 Å². The van der Waals surface area contributed by atoms with Gasteiger partial charge in [0, 0.05) is 38.5 Å². The number of aryl methyl sites for hydroxylation is 2. The fourth-order valence-electron chi connectivity index (χ4n) is 3.95. The van der Waals surface area contributed by atoms with E-state index in [0.29, 0.717) is 26.2 Å². The molecule has 152 valence electrons. The van der Waals surface area contributed by atoms with Gasteiger partial charge in [-0.3, -0.25) is 18.7 Å². The molecule has 1 aliphatic rings. The van der Waals surface area contributed by atoms with Gasteiger partial charge in [0.05, 0.1) is 11.0 Å². The molecule has 2 amide bonds. The van der Waals surface area contributed by atoms with E-state index in [4.69, 9.17) is 0 Å². The Balaban J connectivity index is 1.49. The third kappa shape index (κ3) is 4.64. The summed E-state index contributed by atoms with van der Waals surface area (Å²) in [7, 11) is 0. The number of hydrogen-bond donors (Lipinski definition) is 2. The Hall–Kier alpha value is -2.57. The van der Waals surface area contributed by atoms with Crippen LogP contribution in [0.15, 0.2) is 29.1 Å². The van der Waals surface area contributed by atoms with Gasteiger partial charge in [-0.05, 0) is 31.4 Å². The van der Waals surface area contributed by atoms with Crippen molar-refractivity contribution in [3.8, 4) is 0 Å². The summed E-state index contributed by atoms with van der Waals surface area (Å²) in [5.74, 6) is 0.124. The second-order valence-electron chi connectivity index (χ2n) is 7.45. The fourth-order valence-corrected chi connectivity index (χ4v) is 3.95. The van der Waals surface area contributed by atoms with E-state index < -0.39 is 0 Å². The molecule has 1 aromatic heterocycles. The summed E-state index contributed by atoms with van der Waals surface area (Å²) in [6.07, 6.45) is 5.31. The Morgan fingerprint density at radius 2 is 1.61 bits per heavy atom. The lowest BCUT2D eigenvalue weighted by molar-refractivity contribution is -0.125. The van der Waals surface area contributed by atoms with Crippen molar-refractivity contribution in [1.29, 1.82) is 0 Å². The van der Waals surface area contributed by atoms with Gasteiger partial charge < -0.3 is 10.6 Å². The van der Waals surface area contributed by atoms with E-state index >= 15 is 0 Å². The summed E-state index contributed by atoms with van der Waals surface area (Å²) in [6, 6.07) is 7.68. The average Bonchev–Trinajstić information content (AvgIpc) is 3.32. The molecule has 7 nitrogen and oxygen atoms in total. The largest absolute Gasteiger partial charge is 0.354 e. The van der Waals surface area contributed by atoms with Crippen molar-refractivity contribution in [1.82, 2.24) is 19.8 Å². The Labute approximate surface area is 165 Å². The molecule has 2 N–H and O–H groups in total. The number of benzene rings is 1. The molecule has 28 heavy (non-hydrogen) atoms. The predicted octanol–water partition coefficient (Wildman–Crippen LogP) is 2.03. The van der Waals surface area contributed by atoms with Gasteiger partial charge in [0.15, 0.2) is 0 Å². The molecule has 1 aromatic carbocycles. The number of aromatic nitrogens is 2. The minimum absolute atomic E-state index is 0.0697. The van der Waals surface area contributed by atoms with Gasteiger partial charge in [-0.15, -0.1) is 0 Å². The molecule has 7 heteroatoms. The van der Waals surface area contributed by atoms with Crippen LogP contribution in [0.25, 0.3) is 11.0 Å². The van der Waals surface area contributed by atoms with Crippen LogP contribution in [0.4, 0.5) is 0 Å². The Morgan fingerprint density at radius 1 is 1.00 bits per heavy atom. The van der Waals surface area contributed by atoms with E-state index in [1.807, 2.05) is 31.2 Å². The van der Waals surface area contributed by atoms with Crippen LogP contribution in [0.5, 0.6) is 0 Å². The highest BCUT2D eigenvalue weighted by Gasteiger charge is 2.22. The monoisotopic (exact) mass is 386 g/mol. The van der Waals surface area contributed by atoms with Crippen molar-refractivity contribution in [2.75, 3.05) is 13.1 Å². The lowest BCUT2D eigenvalue weighted by Crippen LogP contribution is -2.37. The zero-order valence-electron chi connectivity index (χ0n) is 16.6. The maximum absolute atomic E-state index is 12.7. The van der Waals surface area contributed by atoms with E-state index in [-0.39, 0.29) is 29.8 Å². The number of imidazole rings is 1. The maximum Gasteiger partial charge on any atom is 0.329 e. The number of rotatable bonds is 9. The lowest BCUT2D eigenvalue weighted by Gasteiger charge is -2.11. The highest BCUT2D eigenvalue weighted by Crippen LogP contribution is 2.24. The molecule has 0 aliphatic heterocycles. The first kappa shape index (κ1) is 20.2. The Bertz CT molecular complexity index is 877. The number of carbonyl (C=O) groups excluding carboxylic acids is 2. The third-order valence-electron chi connectivity index (χ3n) is 5.41. The summed E-state index contributed by atoms with van der Waals surface area (Å²) in [5, 5.41) is 5.71. The van der Waals surface area contributed by atoms with E-state index in [9.17, 15) is 14.4 Å². The number of nitrogens with zero attached hydrogens (tertiary/aromatic N) is 2. The van der Waals surface area contributed by atoms with Gasteiger partial charge in [-0.25, -0.2) is 4.79 Å². The quantitative estimate of drug-likeness (QED) is 0.647. The summed E-state index contributed by atoms with van der Waals surface area (Å²) >= 11 is 0. The second kappa shape index (κ2) is 9.57. The van der Waals surface area contributed by atoms with Crippen LogP contribution < -0.4 is 16.3 Å². The van der Waals surface area contributed by atoms with Crippen molar-refractivity contribution >= 4 is 22.8 Å². The van der Waals surface area contributed by atoms with Crippen LogP contribution in [0.2, 0.25) is 0 Å². The molecule has 1 fully saturated rings. The first-order valence-electron chi connectivity index (χ1n) is 10.3. The van der Waals surface area contributed by atoms with Gasteiger partial charge in [0.1, 0.15) is 0 Å². The average molecular weight is 386 g/mol. The molecule has 1 aliphatic carbocycles. The first-order valence-corrected chi connectivity index (χ1v) is 10.3. The van der Waals surface area contributed by atoms with Gasteiger partial charge in [-0.2, -0.15) is 0 Å². The van der Waals surface area contributed by atoms with Gasteiger partial charge in [-0.1, -0.05) is 31.9 Å². The number of fused-ring (bicyclic) bond motifs is 1. The first-order chi connectivity index (χ1) is 13.6. The molecule has 0 atom stereocenters. The number of para-hydroxylation sites is 2. The summed E-state index contributed by atoms with van der Waals surface area (Å²) in [5.41, 5.74) is 1.70. The number of amides is 2. The molecule has 1 saturated carbocycles. The summed E-state index contributed by atoms with van der Waals surface area (Å²) in [6.45, 7) is 3.90. The molecular weight excluding hydrogens is 356 g/mol. The molecule has 0 saturated heterocycles. The SMILES string of the molecule is CCCn1c(=O)n(CCC(=O)NCCNC(=O)C2CCCC2)c2ccccc21. The lowest BCUT2D eigenvalue weighted by atomic mass is 10.1. The molecule has 0 radical (unpaired) electrons. The maximum atomic E-state index is 12.7. The molecule has 0 spiro atoms. The third-order valence-corrected chi connectivity index (χ3v) is 5.41. The van der Waals surface area contributed by atoms with Crippen molar-refractivity contribution in [3.05, 3.63) is 34.7 Å². The molecule has 2 aromatic rings. The van der Waals surface area contributed by atoms with E-state index in [1.54, 1.807) is 9.13 Å². The van der Waals surface area contributed by atoms with E-state index in [2.05, 4.69) is 10.6 Å². The fraction of sp³-hybridized carbons (Fsp3) is 0.571. The minimum atomic E-state index is -0.116. The molecular formula is C21H30N4O3. The van der Waals surface area contributed by atoms with Crippen LogP contribution in [-0.4, -0.2) is 34.0 Å². The Kier molecular flexibility index (Phi) is 6.90.